The fourth-order valence-electron chi connectivity index (χ4n) is 1.39. The van der Waals surface area contributed by atoms with Crippen molar-refractivity contribution in [3.05, 3.63) is 35.7 Å². The number of anilines is 1. The molecule has 6 nitrogen and oxygen atoms in total. The van der Waals surface area contributed by atoms with Crippen LogP contribution in [0.4, 0.5) is 5.13 Å². The lowest BCUT2D eigenvalue weighted by molar-refractivity contribution is 0.601. The molecule has 0 bridgehead atoms. The predicted octanol–water partition coefficient (Wildman–Crippen LogP) is 1.71. The number of hydrogen-bond acceptors (Lipinski definition) is 6. The maximum atomic E-state index is 12.0. The van der Waals surface area contributed by atoms with Gasteiger partial charge >= 0.3 is 0 Å². The summed E-state index contributed by atoms with van der Waals surface area (Å²) in [5.74, 6) is 0.520. The molecule has 0 unspecified atom stereocenters. The van der Waals surface area contributed by atoms with Crippen LogP contribution in [0.2, 0.25) is 0 Å². The highest BCUT2D eigenvalue weighted by Crippen LogP contribution is 2.18. The number of nitriles is 1. The van der Waals surface area contributed by atoms with Crippen LogP contribution in [0, 0.1) is 18.3 Å². The van der Waals surface area contributed by atoms with Crippen LogP contribution in [0.1, 0.15) is 11.4 Å². The van der Waals surface area contributed by atoms with Gasteiger partial charge in [-0.1, -0.05) is 12.1 Å². The van der Waals surface area contributed by atoms with E-state index in [1.54, 1.807) is 19.1 Å². The van der Waals surface area contributed by atoms with Gasteiger partial charge in [-0.2, -0.15) is 9.64 Å². The number of nitrogens with one attached hydrogen (secondary N) is 1. The minimum Gasteiger partial charge on any atom is -0.253 e. The quantitative estimate of drug-likeness (QED) is 0.926. The summed E-state index contributed by atoms with van der Waals surface area (Å²) >= 11 is 0.988. The minimum atomic E-state index is -3.66. The first-order valence-electron chi connectivity index (χ1n) is 5.30. The Balaban J connectivity index is 2.22. The van der Waals surface area contributed by atoms with E-state index in [1.165, 1.54) is 12.1 Å². The van der Waals surface area contributed by atoms with Gasteiger partial charge in [-0.25, -0.2) is 13.4 Å². The molecule has 8 heteroatoms. The Morgan fingerprint density at radius 2 is 2.05 bits per heavy atom. The smallest absolute Gasteiger partial charge is 0.253 e. The SMILES string of the molecule is Cc1nsc(NS(=O)(=O)c2ccc(CC#N)cc2)n1. The fourth-order valence-corrected chi connectivity index (χ4v) is 3.19. The third-order valence-corrected chi connectivity index (χ3v) is 4.47. The summed E-state index contributed by atoms with van der Waals surface area (Å²) in [5, 5.41) is 8.79. The van der Waals surface area contributed by atoms with Crippen molar-refractivity contribution in [2.75, 3.05) is 4.72 Å². The van der Waals surface area contributed by atoms with Gasteiger partial charge < -0.3 is 0 Å². The maximum Gasteiger partial charge on any atom is 0.263 e. The second-order valence-corrected chi connectivity index (χ2v) is 6.17. The molecule has 1 heterocycles. The number of rotatable bonds is 4. The highest BCUT2D eigenvalue weighted by Gasteiger charge is 2.16. The average Bonchev–Trinajstić information content (AvgIpc) is 2.75. The van der Waals surface area contributed by atoms with Gasteiger partial charge in [0, 0.05) is 11.5 Å². The number of benzene rings is 1. The molecule has 98 valence electrons. The molecular weight excluding hydrogens is 284 g/mol. The van der Waals surface area contributed by atoms with E-state index in [1.807, 2.05) is 6.07 Å². The van der Waals surface area contributed by atoms with Crippen molar-refractivity contribution in [2.24, 2.45) is 0 Å². The van der Waals surface area contributed by atoms with Crippen LogP contribution < -0.4 is 4.72 Å². The van der Waals surface area contributed by atoms with E-state index >= 15 is 0 Å². The molecular formula is C11H10N4O2S2. The highest BCUT2D eigenvalue weighted by molar-refractivity contribution is 7.93. The first kappa shape index (κ1) is 13.5. The number of aryl methyl sites for hydroxylation is 1. The summed E-state index contributed by atoms with van der Waals surface area (Å²) in [4.78, 5) is 4.07. The van der Waals surface area contributed by atoms with E-state index < -0.39 is 10.0 Å². The standard InChI is InChI=1S/C11H10N4O2S2/c1-8-13-11(18-14-8)15-19(16,17)10-4-2-9(3-5-10)6-7-12/h2-5H,6H2,1H3,(H,13,14,15). The minimum absolute atomic E-state index is 0.127. The molecule has 0 saturated heterocycles. The molecule has 2 aromatic rings. The van der Waals surface area contributed by atoms with Crippen LogP contribution in [0.3, 0.4) is 0 Å². The lowest BCUT2D eigenvalue weighted by Gasteiger charge is -2.05. The van der Waals surface area contributed by atoms with Gasteiger partial charge in [-0.3, -0.25) is 4.72 Å². The Hall–Kier alpha value is -1.98. The first-order valence-corrected chi connectivity index (χ1v) is 7.56. The molecule has 2 rings (SSSR count). The Bertz CT molecular complexity index is 714. The van der Waals surface area contributed by atoms with Crippen LogP contribution in [-0.2, 0) is 16.4 Å². The average molecular weight is 294 g/mol. The molecule has 19 heavy (non-hydrogen) atoms. The second kappa shape index (κ2) is 5.34. The van der Waals surface area contributed by atoms with Crippen LogP contribution in [-0.4, -0.2) is 17.8 Å². The summed E-state index contributed by atoms with van der Waals surface area (Å²) in [7, 11) is -3.66. The Morgan fingerprint density at radius 1 is 1.37 bits per heavy atom. The Kier molecular flexibility index (Phi) is 3.78. The molecule has 0 aliphatic heterocycles. The van der Waals surface area contributed by atoms with Gasteiger partial charge in [0.1, 0.15) is 5.82 Å². The third-order valence-electron chi connectivity index (χ3n) is 2.27. The zero-order valence-corrected chi connectivity index (χ0v) is 11.6. The van der Waals surface area contributed by atoms with Gasteiger partial charge in [0.25, 0.3) is 10.0 Å². The van der Waals surface area contributed by atoms with Crippen LogP contribution in [0.15, 0.2) is 29.2 Å². The molecule has 0 amide bonds. The van der Waals surface area contributed by atoms with E-state index in [0.717, 1.165) is 17.1 Å². The second-order valence-electron chi connectivity index (χ2n) is 3.73. The zero-order chi connectivity index (χ0) is 13.9. The molecule has 1 N–H and O–H groups in total. The van der Waals surface area contributed by atoms with Gasteiger partial charge in [0.05, 0.1) is 17.4 Å². The maximum absolute atomic E-state index is 12.0. The van der Waals surface area contributed by atoms with Gasteiger partial charge in [-0.15, -0.1) is 0 Å². The van der Waals surface area contributed by atoms with Crippen LogP contribution in [0.5, 0.6) is 0 Å². The number of aromatic nitrogens is 2. The number of nitrogens with zero attached hydrogens (tertiary/aromatic N) is 3. The third kappa shape index (κ3) is 3.27. The van der Waals surface area contributed by atoms with Gasteiger partial charge in [0.2, 0.25) is 5.13 Å². The zero-order valence-electron chi connectivity index (χ0n) is 9.99. The van der Waals surface area contributed by atoms with E-state index in [9.17, 15) is 8.42 Å². The van der Waals surface area contributed by atoms with E-state index in [4.69, 9.17) is 5.26 Å². The monoisotopic (exact) mass is 294 g/mol. The molecule has 0 spiro atoms. The first-order chi connectivity index (χ1) is 9.01. The van der Waals surface area contributed by atoms with Crippen molar-refractivity contribution in [3.8, 4) is 6.07 Å². The molecule has 0 aliphatic rings. The van der Waals surface area contributed by atoms with Crippen LogP contribution >= 0.6 is 11.5 Å². The van der Waals surface area contributed by atoms with Crippen molar-refractivity contribution in [3.63, 3.8) is 0 Å². The van der Waals surface area contributed by atoms with Gasteiger partial charge in [-0.05, 0) is 24.6 Å². The lowest BCUT2D eigenvalue weighted by Crippen LogP contribution is -2.12. The van der Waals surface area contributed by atoms with Gasteiger partial charge in [0.15, 0.2) is 0 Å². The van der Waals surface area contributed by atoms with Crippen molar-refractivity contribution in [1.82, 2.24) is 9.36 Å². The fraction of sp³-hybridized carbons (Fsp3) is 0.182. The van der Waals surface area contributed by atoms with E-state index in [2.05, 4.69) is 14.1 Å². The summed E-state index contributed by atoms with van der Waals surface area (Å²) in [5.41, 5.74) is 0.771. The van der Waals surface area contributed by atoms with E-state index in [-0.39, 0.29) is 16.4 Å². The topological polar surface area (TPSA) is 95.7 Å². The number of sulfonamides is 1. The summed E-state index contributed by atoms with van der Waals surface area (Å²) in [6, 6.07) is 8.15. The lowest BCUT2D eigenvalue weighted by atomic mass is 10.2. The van der Waals surface area contributed by atoms with Crippen molar-refractivity contribution in [2.45, 2.75) is 18.2 Å². The summed E-state index contributed by atoms with van der Waals surface area (Å²) < 4.78 is 30.3. The highest BCUT2D eigenvalue weighted by atomic mass is 32.2. The molecule has 0 fully saturated rings. The molecule has 1 aromatic heterocycles. The summed E-state index contributed by atoms with van der Waals surface area (Å²) in [6.45, 7) is 1.69. The van der Waals surface area contributed by atoms with Crippen molar-refractivity contribution >= 4 is 26.7 Å². The molecule has 0 atom stereocenters. The normalized spacial score (nSPS) is 10.9. The van der Waals surface area contributed by atoms with Crippen molar-refractivity contribution in [1.29, 1.82) is 5.26 Å². The van der Waals surface area contributed by atoms with Crippen LogP contribution in [0.25, 0.3) is 0 Å². The molecule has 0 aliphatic carbocycles. The number of hydrogen-bond donors (Lipinski definition) is 1. The molecule has 1 aromatic carbocycles. The predicted molar refractivity (Wildman–Crippen MR) is 71.2 cm³/mol. The Labute approximate surface area is 115 Å². The molecule has 0 radical (unpaired) electrons. The van der Waals surface area contributed by atoms with Crippen molar-refractivity contribution < 1.29 is 8.42 Å². The van der Waals surface area contributed by atoms with E-state index in [0.29, 0.717) is 5.82 Å². The molecule has 0 saturated carbocycles. The largest absolute Gasteiger partial charge is 0.263 e. The summed E-state index contributed by atoms with van der Waals surface area (Å²) in [6.07, 6.45) is 0.253. The Morgan fingerprint density at radius 3 is 2.58 bits per heavy atom.